The zero-order valence-electron chi connectivity index (χ0n) is 9.85. The quantitative estimate of drug-likeness (QED) is 0.868. The Kier molecular flexibility index (Phi) is 3.57. The van der Waals surface area contributed by atoms with E-state index in [4.69, 9.17) is 10.5 Å². The van der Waals surface area contributed by atoms with Gasteiger partial charge in [-0.15, -0.1) is 0 Å². The molecule has 0 atom stereocenters. The van der Waals surface area contributed by atoms with Gasteiger partial charge in [0.15, 0.2) is 5.82 Å². The molecule has 6 heteroatoms. The first-order valence-corrected chi connectivity index (χ1v) is 5.46. The summed E-state index contributed by atoms with van der Waals surface area (Å²) in [6.45, 7) is 2.29. The molecule has 0 saturated carbocycles. The molecular formula is C12H13FN4O. The molecule has 1 heterocycles. The first-order chi connectivity index (χ1) is 8.70. The summed E-state index contributed by atoms with van der Waals surface area (Å²) in [4.78, 5) is 7.91. The Balaban J connectivity index is 2.26. The van der Waals surface area contributed by atoms with Gasteiger partial charge in [0.05, 0.1) is 6.61 Å². The number of nitrogens with one attached hydrogen (secondary N) is 1. The smallest absolute Gasteiger partial charge is 0.242 e. The predicted octanol–water partition coefficient (Wildman–Crippen LogP) is 2.34. The van der Waals surface area contributed by atoms with Gasteiger partial charge < -0.3 is 15.8 Å². The lowest BCUT2D eigenvalue weighted by Gasteiger charge is -2.10. The Morgan fingerprint density at radius 1 is 1.39 bits per heavy atom. The Morgan fingerprint density at radius 3 is 2.94 bits per heavy atom. The Bertz CT molecular complexity index is 547. The molecule has 0 aliphatic carbocycles. The van der Waals surface area contributed by atoms with E-state index in [0.717, 1.165) is 0 Å². The van der Waals surface area contributed by atoms with Crippen LogP contribution in [0.15, 0.2) is 30.6 Å². The molecule has 1 aromatic heterocycles. The summed E-state index contributed by atoms with van der Waals surface area (Å²) in [5.74, 6) is 0.364. The lowest BCUT2D eigenvalue weighted by atomic mass is 10.3. The van der Waals surface area contributed by atoms with Crippen molar-refractivity contribution < 1.29 is 9.13 Å². The summed E-state index contributed by atoms with van der Waals surface area (Å²) in [5.41, 5.74) is 6.70. The second-order valence-electron chi connectivity index (χ2n) is 3.51. The van der Waals surface area contributed by atoms with Gasteiger partial charge in [-0.05, 0) is 25.1 Å². The number of nitrogens with zero attached hydrogens (tertiary/aromatic N) is 2. The van der Waals surface area contributed by atoms with E-state index < -0.39 is 0 Å². The number of rotatable bonds is 4. The molecule has 2 aromatic rings. The van der Waals surface area contributed by atoms with E-state index in [1.807, 2.05) is 6.92 Å². The third kappa shape index (κ3) is 2.65. The van der Waals surface area contributed by atoms with Gasteiger partial charge in [-0.1, -0.05) is 6.07 Å². The minimum Gasteiger partial charge on any atom is -0.476 e. The van der Waals surface area contributed by atoms with Crippen molar-refractivity contribution in [2.45, 2.75) is 6.92 Å². The van der Waals surface area contributed by atoms with Crippen molar-refractivity contribution in [1.29, 1.82) is 0 Å². The zero-order valence-corrected chi connectivity index (χ0v) is 9.85. The van der Waals surface area contributed by atoms with Crippen molar-refractivity contribution in [3.8, 4) is 5.88 Å². The van der Waals surface area contributed by atoms with Crippen LogP contribution in [0.1, 0.15) is 6.92 Å². The van der Waals surface area contributed by atoms with E-state index in [-0.39, 0.29) is 5.82 Å². The van der Waals surface area contributed by atoms with Crippen molar-refractivity contribution in [3.05, 3.63) is 36.4 Å². The van der Waals surface area contributed by atoms with E-state index in [1.165, 1.54) is 18.5 Å². The fourth-order valence-electron chi connectivity index (χ4n) is 1.43. The number of nitrogen functional groups attached to an aromatic ring is 1. The van der Waals surface area contributed by atoms with Crippen LogP contribution in [0.25, 0.3) is 0 Å². The average Bonchev–Trinajstić information content (AvgIpc) is 2.35. The number of hydrogen-bond acceptors (Lipinski definition) is 5. The van der Waals surface area contributed by atoms with E-state index >= 15 is 0 Å². The SMILES string of the molecule is CCOc1ncnc(Nc2cccc(F)c2)c1N. The Morgan fingerprint density at radius 2 is 2.22 bits per heavy atom. The third-order valence-corrected chi connectivity index (χ3v) is 2.22. The summed E-state index contributed by atoms with van der Waals surface area (Å²) in [5, 5.41) is 2.92. The van der Waals surface area contributed by atoms with Crippen LogP contribution in [-0.2, 0) is 0 Å². The summed E-state index contributed by atoms with van der Waals surface area (Å²) >= 11 is 0. The number of anilines is 3. The molecule has 0 saturated heterocycles. The molecule has 0 aliphatic heterocycles. The highest BCUT2D eigenvalue weighted by molar-refractivity contribution is 5.71. The highest BCUT2D eigenvalue weighted by Crippen LogP contribution is 2.27. The lowest BCUT2D eigenvalue weighted by Crippen LogP contribution is -2.05. The number of halogens is 1. The van der Waals surface area contributed by atoms with Crippen molar-refractivity contribution in [3.63, 3.8) is 0 Å². The minimum atomic E-state index is -0.336. The monoisotopic (exact) mass is 248 g/mol. The van der Waals surface area contributed by atoms with Crippen molar-refractivity contribution >= 4 is 17.2 Å². The van der Waals surface area contributed by atoms with E-state index in [0.29, 0.717) is 29.7 Å². The molecule has 1 aromatic carbocycles. The zero-order chi connectivity index (χ0) is 13.0. The van der Waals surface area contributed by atoms with Gasteiger partial charge in [-0.3, -0.25) is 0 Å². The normalized spacial score (nSPS) is 10.1. The summed E-state index contributed by atoms with van der Waals surface area (Å²) < 4.78 is 18.3. The number of nitrogens with two attached hydrogens (primary N) is 1. The van der Waals surface area contributed by atoms with Crippen molar-refractivity contribution in [2.24, 2.45) is 0 Å². The largest absolute Gasteiger partial charge is 0.476 e. The Hall–Kier alpha value is -2.37. The molecule has 0 unspecified atom stereocenters. The van der Waals surface area contributed by atoms with Crippen molar-refractivity contribution in [2.75, 3.05) is 17.7 Å². The molecule has 5 nitrogen and oxygen atoms in total. The summed E-state index contributed by atoms with van der Waals surface area (Å²) in [6, 6.07) is 6.02. The molecule has 0 bridgehead atoms. The fourth-order valence-corrected chi connectivity index (χ4v) is 1.43. The van der Waals surface area contributed by atoms with Crippen LogP contribution in [0.2, 0.25) is 0 Å². The maximum atomic E-state index is 13.0. The molecule has 18 heavy (non-hydrogen) atoms. The molecular weight excluding hydrogens is 235 g/mol. The second-order valence-corrected chi connectivity index (χ2v) is 3.51. The van der Waals surface area contributed by atoms with Gasteiger partial charge in [0.25, 0.3) is 0 Å². The van der Waals surface area contributed by atoms with Gasteiger partial charge in [-0.25, -0.2) is 9.37 Å². The van der Waals surface area contributed by atoms with Gasteiger partial charge in [0.1, 0.15) is 17.8 Å². The molecule has 0 radical (unpaired) electrons. The van der Waals surface area contributed by atoms with Crippen LogP contribution in [0, 0.1) is 5.82 Å². The number of ether oxygens (including phenoxy) is 1. The average molecular weight is 248 g/mol. The van der Waals surface area contributed by atoms with Crippen LogP contribution < -0.4 is 15.8 Å². The van der Waals surface area contributed by atoms with E-state index in [9.17, 15) is 4.39 Å². The molecule has 0 spiro atoms. The number of benzene rings is 1. The van der Waals surface area contributed by atoms with Crippen LogP contribution in [0.4, 0.5) is 21.6 Å². The molecule has 0 aliphatic rings. The fraction of sp³-hybridized carbons (Fsp3) is 0.167. The molecule has 0 fully saturated rings. The lowest BCUT2D eigenvalue weighted by molar-refractivity contribution is 0.328. The first kappa shape index (κ1) is 12.1. The van der Waals surface area contributed by atoms with Crippen LogP contribution in [0.3, 0.4) is 0 Å². The van der Waals surface area contributed by atoms with Gasteiger partial charge in [-0.2, -0.15) is 4.98 Å². The minimum absolute atomic E-state index is 0.295. The molecule has 2 rings (SSSR count). The summed E-state index contributed by atoms with van der Waals surface area (Å²) in [7, 11) is 0. The van der Waals surface area contributed by atoms with Crippen LogP contribution in [-0.4, -0.2) is 16.6 Å². The molecule has 94 valence electrons. The van der Waals surface area contributed by atoms with Gasteiger partial charge in [0.2, 0.25) is 5.88 Å². The van der Waals surface area contributed by atoms with Crippen LogP contribution >= 0.6 is 0 Å². The van der Waals surface area contributed by atoms with Crippen LogP contribution in [0.5, 0.6) is 5.88 Å². The topological polar surface area (TPSA) is 73.1 Å². The van der Waals surface area contributed by atoms with Gasteiger partial charge in [0, 0.05) is 5.69 Å². The maximum absolute atomic E-state index is 13.0. The highest BCUT2D eigenvalue weighted by atomic mass is 19.1. The van der Waals surface area contributed by atoms with Crippen molar-refractivity contribution in [1.82, 2.24) is 9.97 Å². The first-order valence-electron chi connectivity index (χ1n) is 5.46. The predicted molar refractivity (Wildman–Crippen MR) is 67.3 cm³/mol. The third-order valence-electron chi connectivity index (χ3n) is 2.22. The van der Waals surface area contributed by atoms with E-state index in [2.05, 4.69) is 15.3 Å². The van der Waals surface area contributed by atoms with Gasteiger partial charge >= 0.3 is 0 Å². The standard InChI is InChI=1S/C12H13FN4O/c1-2-18-12-10(14)11(15-7-16-12)17-9-5-3-4-8(13)6-9/h3-7H,2,14H2,1H3,(H,15,16,17). The number of hydrogen-bond donors (Lipinski definition) is 2. The summed E-state index contributed by atoms with van der Waals surface area (Å²) in [6.07, 6.45) is 1.34. The molecule has 0 amide bonds. The maximum Gasteiger partial charge on any atom is 0.242 e. The Labute approximate surface area is 104 Å². The molecule has 3 N–H and O–H groups in total. The number of aromatic nitrogens is 2. The van der Waals surface area contributed by atoms with E-state index in [1.54, 1.807) is 12.1 Å². The second kappa shape index (κ2) is 5.31. The highest BCUT2D eigenvalue weighted by Gasteiger charge is 2.09.